The van der Waals surface area contributed by atoms with Gasteiger partial charge in [0.05, 0.1) is 6.04 Å². The molecule has 5 heteroatoms. The zero-order chi connectivity index (χ0) is 13.0. The first-order valence-electron chi connectivity index (χ1n) is 6.72. The summed E-state index contributed by atoms with van der Waals surface area (Å²) in [5.74, 6) is 0.441. The number of amides is 1. The molecule has 5 nitrogen and oxygen atoms in total. The van der Waals surface area contributed by atoms with Crippen molar-refractivity contribution < 1.29 is 9.21 Å². The number of unbranched alkanes of at least 4 members (excludes halogenated alkanes) is 1. The highest BCUT2D eigenvalue weighted by Crippen LogP contribution is 2.18. The molecule has 0 radical (unpaired) electrons. The van der Waals surface area contributed by atoms with Gasteiger partial charge in [-0.15, -0.1) is 0 Å². The Morgan fingerprint density at radius 3 is 2.94 bits per heavy atom. The van der Waals surface area contributed by atoms with Gasteiger partial charge in [0.2, 0.25) is 5.89 Å². The molecule has 1 unspecified atom stereocenters. The zero-order valence-corrected chi connectivity index (χ0v) is 10.9. The minimum Gasteiger partial charge on any atom is -0.446 e. The molecule has 1 aromatic rings. The fraction of sp³-hybridized carbons (Fsp3) is 0.692. The van der Waals surface area contributed by atoms with Crippen LogP contribution in [0.25, 0.3) is 0 Å². The van der Waals surface area contributed by atoms with Crippen LogP contribution in [0.2, 0.25) is 0 Å². The summed E-state index contributed by atoms with van der Waals surface area (Å²) in [6, 6.07) is -0.204. The third-order valence-electron chi connectivity index (χ3n) is 3.32. The fourth-order valence-corrected chi connectivity index (χ4v) is 2.19. The van der Waals surface area contributed by atoms with Gasteiger partial charge < -0.3 is 15.1 Å². The highest BCUT2D eigenvalue weighted by atomic mass is 16.3. The first-order chi connectivity index (χ1) is 8.72. The molecule has 1 atom stereocenters. The normalized spacial score (nSPS) is 17.1. The Bertz CT molecular complexity index is 397. The monoisotopic (exact) mass is 251 g/mol. The van der Waals surface area contributed by atoms with Gasteiger partial charge in [0.25, 0.3) is 5.91 Å². The van der Waals surface area contributed by atoms with Gasteiger partial charge in [-0.2, -0.15) is 0 Å². The standard InChI is InChI=1S/C13H21N3O2/c1-2-3-6-10(14)12-15-11(9-18-12)13(17)16-7-4-5-8-16/h9-10H,2-8,14H2,1H3. The van der Waals surface area contributed by atoms with E-state index in [0.29, 0.717) is 11.6 Å². The summed E-state index contributed by atoms with van der Waals surface area (Å²) in [7, 11) is 0. The van der Waals surface area contributed by atoms with Crippen molar-refractivity contribution in [1.29, 1.82) is 0 Å². The molecular weight excluding hydrogens is 230 g/mol. The second-order valence-electron chi connectivity index (χ2n) is 4.82. The van der Waals surface area contributed by atoms with Crippen molar-refractivity contribution in [2.24, 2.45) is 5.73 Å². The fourth-order valence-electron chi connectivity index (χ4n) is 2.19. The lowest BCUT2D eigenvalue weighted by atomic mass is 10.1. The van der Waals surface area contributed by atoms with Crippen LogP contribution in [-0.4, -0.2) is 28.9 Å². The van der Waals surface area contributed by atoms with E-state index in [9.17, 15) is 4.79 Å². The van der Waals surface area contributed by atoms with Crippen LogP contribution in [0.15, 0.2) is 10.7 Å². The predicted molar refractivity (Wildman–Crippen MR) is 68.1 cm³/mol. The maximum absolute atomic E-state index is 12.1. The molecule has 1 amide bonds. The number of carbonyl (C=O) groups excluding carboxylic acids is 1. The smallest absolute Gasteiger partial charge is 0.275 e. The van der Waals surface area contributed by atoms with Crippen molar-refractivity contribution in [3.63, 3.8) is 0 Å². The number of rotatable bonds is 5. The number of oxazole rings is 1. The lowest BCUT2D eigenvalue weighted by Gasteiger charge is -2.12. The molecule has 100 valence electrons. The molecule has 2 rings (SSSR count). The van der Waals surface area contributed by atoms with Gasteiger partial charge in [-0.05, 0) is 19.3 Å². The first-order valence-corrected chi connectivity index (χ1v) is 6.72. The average molecular weight is 251 g/mol. The highest BCUT2D eigenvalue weighted by Gasteiger charge is 2.23. The summed E-state index contributed by atoms with van der Waals surface area (Å²) >= 11 is 0. The van der Waals surface area contributed by atoms with E-state index in [0.717, 1.165) is 45.2 Å². The summed E-state index contributed by atoms with van der Waals surface area (Å²) in [4.78, 5) is 18.1. The van der Waals surface area contributed by atoms with Crippen molar-refractivity contribution >= 4 is 5.91 Å². The number of hydrogen-bond donors (Lipinski definition) is 1. The summed E-state index contributed by atoms with van der Waals surface area (Å²) in [6.45, 7) is 3.76. The van der Waals surface area contributed by atoms with Crippen LogP contribution >= 0.6 is 0 Å². The summed E-state index contributed by atoms with van der Waals surface area (Å²) in [6.07, 6.45) is 6.56. The van der Waals surface area contributed by atoms with E-state index >= 15 is 0 Å². The largest absolute Gasteiger partial charge is 0.446 e. The number of nitrogens with two attached hydrogens (primary N) is 1. The molecule has 1 aliphatic rings. The van der Waals surface area contributed by atoms with Gasteiger partial charge in [0, 0.05) is 13.1 Å². The van der Waals surface area contributed by atoms with Gasteiger partial charge in [0.1, 0.15) is 6.26 Å². The van der Waals surface area contributed by atoms with E-state index in [1.807, 2.05) is 4.90 Å². The van der Waals surface area contributed by atoms with Gasteiger partial charge in [-0.1, -0.05) is 19.8 Å². The molecule has 0 bridgehead atoms. The predicted octanol–water partition coefficient (Wildman–Crippen LogP) is 2.10. The minimum absolute atomic E-state index is 0.0369. The quantitative estimate of drug-likeness (QED) is 0.869. The van der Waals surface area contributed by atoms with E-state index in [1.165, 1.54) is 6.26 Å². The third kappa shape index (κ3) is 2.90. The van der Waals surface area contributed by atoms with Crippen LogP contribution in [0.4, 0.5) is 0 Å². The van der Waals surface area contributed by atoms with E-state index in [1.54, 1.807) is 0 Å². The van der Waals surface area contributed by atoms with E-state index in [2.05, 4.69) is 11.9 Å². The van der Waals surface area contributed by atoms with Gasteiger partial charge in [0.15, 0.2) is 5.69 Å². The van der Waals surface area contributed by atoms with Crippen LogP contribution in [-0.2, 0) is 0 Å². The Balaban J connectivity index is 1.98. The lowest BCUT2D eigenvalue weighted by Crippen LogP contribution is -2.28. The highest BCUT2D eigenvalue weighted by molar-refractivity contribution is 5.92. The molecular formula is C13H21N3O2. The van der Waals surface area contributed by atoms with Gasteiger partial charge >= 0.3 is 0 Å². The summed E-state index contributed by atoms with van der Waals surface area (Å²) in [5, 5.41) is 0. The number of hydrogen-bond acceptors (Lipinski definition) is 4. The number of aromatic nitrogens is 1. The molecule has 2 N–H and O–H groups in total. The van der Waals surface area contributed by atoms with Crippen molar-refractivity contribution in [2.45, 2.75) is 45.1 Å². The summed E-state index contributed by atoms with van der Waals surface area (Å²) < 4.78 is 5.32. The van der Waals surface area contributed by atoms with Crippen molar-refractivity contribution in [3.8, 4) is 0 Å². The van der Waals surface area contributed by atoms with E-state index < -0.39 is 0 Å². The molecule has 1 aliphatic heterocycles. The van der Waals surface area contributed by atoms with Crippen molar-refractivity contribution in [3.05, 3.63) is 17.8 Å². The second kappa shape index (κ2) is 6.00. The van der Waals surface area contributed by atoms with Crippen molar-refractivity contribution in [1.82, 2.24) is 9.88 Å². The molecule has 1 fully saturated rings. The first kappa shape index (κ1) is 13.1. The Morgan fingerprint density at radius 1 is 1.56 bits per heavy atom. The SMILES string of the molecule is CCCCC(N)c1nc(C(=O)N2CCCC2)co1. The van der Waals surface area contributed by atoms with Crippen LogP contribution in [0.5, 0.6) is 0 Å². The maximum Gasteiger partial charge on any atom is 0.275 e. The van der Waals surface area contributed by atoms with Crippen LogP contribution in [0.1, 0.15) is 61.4 Å². The molecule has 0 aromatic carbocycles. The summed E-state index contributed by atoms with van der Waals surface area (Å²) in [5.41, 5.74) is 6.35. The maximum atomic E-state index is 12.1. The number of carbonyl (C=O) groups is 1. The number of nitrogens with zero attached hydrogens (tertiary/aromatic N) is 2. The zero-order valence-electron chi connectivity index (χ0n) is 10.9. The topological polar surface area (TPSA) is 72.4 Å². The van der Waals surface area contributed by atoms with E-state index in [-0.39, 0.29) is 11.9 Å². The Morgan fingerprint density at radius 2 is 2.28 bits per heavy atom. The average Bonchev–Trinajstić information content (AvgIpc) is 3.05. The molecule has 1 saturated heterocycles. The van der Waals surface area contributed by atoms with Gasteiger partial charge in [-0.25, -0.2) is 4.98 Å². The molecule has 2 heterocycles. The lowest BCUT2D eigenvalue weighted by molar-refractivity contribution is 0.0787. The molecule has 0 aliphatic carbocycles. The molecule has 0 spiro atoms. The second-order valence-corrected chi connectivity index (χ2v) is 4.82. The minimum atomic E-state index is -0.204. The van der Waals surface area contributed by atoms with Crippen LogP contribution < -0.4 is 5.73 Å². The van der Waals surface area contributed by atoms with Gasteiger partial charge in [-0.3, -0.25) is 4.79 Å². The third-order valence-corrected chi connectivity index (χ3v) is 3.32. The number of likely N-dealkylation sites (tertiary alicyclic amines) is 1. The Kier molecular flexibility index (Phi) is 4.36. The van der Waals surface area contributed by atoms with Crippen LogP contribution in [0, 0.1) is 0 Å². The molecule has 0 saturated carbocycles. The van der Waals surface area contributed by atoms with Crippen molar-refractivity contribution in [2.75, 3.05) is 13.1 Å². The van der Waals surface area contributed by atoms with Crippen LogP contribution in [0.3, 0.4) is 0 Å². The van der Waals surface area contributed by atoms with E-state index in [4.69, 9.17) is 10.2 Å². The molecule has 1 aromatic heterocycles. The Labute approximate surface area is 107 Å². The Hall–Kier alpha value is -1.36. The molecule has 18 heavy (non-hydrogen) atoms.